The van der Waals surface area contributed by atoms with Gasteiger partial charge in [-0.1, -0.05) is 18.2 Å². The third-order valence-corrected chi connectivity index (χ3v) is 2.53. The maximum atomic E-state index is 12.9. The zero-order valence-corrected chi connectivity index (χ0v) is 9.35. The standard InChI is InChI=1S/C12H11F3N2O/c13-12(14,15)10-4-2-1-3-9(10)11-16-5-6-17(11)7-8-18/h1-6,18H,7-8H2. The number of hydrogen-bond acceptors (Lipinski definition) is 2. The van der Waals surface area contributed by atoms with Gasteiger partial charge < -0.3 is 9.67 Å². The second-order valence-electron chi connectivity index (χ2n) is 3.71. The minimum Gasteiger partial charge on any atom is -0.395 e. The quantitative estimate of drug-likeness (QED) is 0.916. The molecule has 0 aliphatic heterocycles. The van der Waals surface area contributed by atoms with Crippen molar-refractivity contribution in [2.45, 2.75) is 12.7 Å². The van der Waals surface area contributed by atoms with Crippen LogP contribution in [-0.4, -0.2) is 21.3 Å². The minimum atomic E-state index is -4.42. The summed E-state index contributed by atoms with van der Waals surface area (Å²) in [5.74, 6) is 0.206. The number of benzene rings is 1. The first-order chi connectivity index (χ1) is 8.54. The molecule has 18 heavy (non-hydrogen) atoms. The Hall–Kier alpha value is -1.82. The van der Waals surface area contributed by atoms with Crippen molar-refractivity contribution < 1.29 is 18.3 Å². The van der Waals surface area contributed by atoms with Crippen LogP contribution in [-0.2, 0) is 12.7 Å². The summed E-state index contributed by atoms with van der Waals surface area (Å²) in [4.78, 5) is 3.93. The molecule has 0 aliphatic rings. The van der Waals surface area contributed by atoms with Crippen LogP contribution in [0.25, 0.3) is 11.4 Å². The molecular formula is C12H11F3N2O. The van der Waals surface area contributed by atoms with Gasteiger partial charge in [0.2, 0.25) is 0 Å². The summed E-state index contributed by atoms with van der Waals surface area (Å²) in [5, 5.41) is 8.87. The van der Waals surface area contributed by atoms with Crippen molar-refractivity contribution in [3.63, 3.8) is 0 Å². The van der Waals surface area contributed by atoms with E-state index in [1.807, 2.05) is 0 Å². The van der Waals surface area contributed by atoms with Gasteiger partial charge in [0, 0.05) is 24.5 Å². The molecule has 2 rings (SSSR count). The number of aliphatic hydroxyl groups is 1. The predicted octanol–water partition coefficient (Wildman–Crippen LogP) is 2.56. The van der Waals surface area contributed by atoms with Crippen LogP contribution in [0.3, 0.4) is 0 Å². The Kier molecular flexibility index (Phi) is 3.38. The molecule has 0 atom stereocenters. The molecule has 6 heteroatoms. The molecule has 3 nitrogen and oxygen atoms in total. The third-order valence-electron chi connectivity index (χ3n) is 2.53. The molecule has 0 radical (unpaired) electrons. The lowest BCUT2D eigenvalue weighted by molar-refractivity contribution is -0.137. The molecule has 2 aromatic rings. The van der Waals surface area contributed by atoms with Crippen LogP contribution in [0.1, 0.15) is 5.56 Å². The molecule has 0 spiro atoms. The van der Waals surface area contributed by atoms with Crippen LogP contribution in [0.15, 0.2) is 36.7 Å². The Labute approximate surface area is 102 Å². The normalized spacial score (nSPS) is 11.8. The topological polar surface area (TPSA) is 38.0 Å². The number of nitrogens with zero attached hydrogens (tertiary/aromatic N) is 2. The van der Waals surface area contributed by atoms with E-state index in [4.69, 9.17) is 5.11 Å². The van der Waals surface area contributed by atoms with Crippen LogP contribution < -0.4 is 0 Å². The molecule has 96 valence electrons. The highest BCUT2D eigenvalue weighted by atomic mass is 19.4. The van der Waals surface area contributed by atoms with Crippen LogP contribution in [0.2, 0.25) is 0 Å². The van der Waals surface area contributed by atoms with Gasteiger partial charge in [-0.2, -0.15) is 13.2 Å². The molecule has 0 saturated carbocycles. The summed E-state index contributed by atoms with van der Waals surface area (Å²) in [6.45, 7) is 0.0546. The van der Waals surface area contributed by atoms with Crippen molar-refractivity contribution in [3.8, 4) is 11.4 Å². The molecule has 0 aliphatic carbocycles. The van der Waals surface area contributed by atoms with E-state index in [-0.39, 0.29) is 24.5 Å². The van der Waals surface area contributed by atoms with E-state index in [1.165, 1.54) is 29.0 Å². The average molecular weight is 256 g/mol. The fraction of sp³-hybridized carbons (Fsp3) is 0.250. The lowest BCUT2D eigenvalue weighted by Crippen LogP contribution is -2.10. The number of rotatable bonds is 3. The van der Waals surface area contributed by atoms with Gasteiger partial charge in [-0.25, -0.2) is 4.98 Å². The van der Waals surface area contributed by atoms with E-state index in [9.17, 15) is 13.2 Å². The molecular weight excluding hydrogens is 245 g/mol. The predicted molar refractivity (Wildman–Crippen MR) is 59.8 cm³/mol. The van der Waals surface area contributed by atoms with Gasteiger partial charge in [-0.05, 0) is 6.07 Å². The van der Waals surface area contributed by atoms with E-state index in [0.717, 1.165) is 6.07 Å². The van der Waals surface area contributed by atoms with Gasteiger partial charge in [-0.3, -0.25) is 0 Å². The summed E-state index contributed by atoms with van der Waals surface area (Å²) in [6.07, 6.45) is -1.47. The van der Waals surface area contributed by atoms with Crippen LogP contribution >= 0.6 is 0 Å². The summed E-state index contributed by atoms with van der Waals surface area (Å²) < 4.78 is 40.1. The number of aliphatic hydroxyl groups excluding tert-OH is 1. The van der Waals surface area contributed by atoms with E-state index in [1.54, 1.807) is 6.20 Å². The summed E-state index contributed by atoms with van der Waals surface area (Å²) in [5.41, 5.74) is -0.709. The second kappa shape index (κ2) is 4.81. The first kappa shape index (κ1) is 12.6. The molecule has 1 aromatic carbocycles. The molecule has 0 saturated heterocycles. The largest absolute Gasteiger partial charge is 0.417 e. The van der Waals surface area contributed by atoms with Crippen molar-refractivity contribution in [1.29, 1.82) is 0 Å². The molecule has 1 N–H and O–H groups in total. The molecule has 0 amide bonds. The number of hydrogen-bond donors (Lipinski definition) is 1. The maximum absolute atomic E-state index is 12.9. The number of alkyl halides is 3. The highest BCUT2D eigenvalue weighted by Gasteiger charge is 2.34. The number of halogens is 3. The van der Waals surface area contributed by atoms with E-state index < -0.39 is 11.7 Å². The smallest absolute Gasteiger partial charge is 0.395 e. The fourth-order valence-electron chi connectivity index (χ4n) is 1.77. The second-order valence-corrected chi connectivity index (χ2v) is 3.71. The summed E-state index contributed by atoms with van der Waals surface area (Å²) in [6, 6.07) is 5.26. The Morgan fingerprint density at radius 1 is 1.22 bits per heavy atom. The number of aromatic nitrogens is 2. The van der Waals surface area contributed by atoms with E-state index in [2.05, 4.69) is 4.98 Å². The maximum Gasteiger partial charge on any atom is 0.417 e. The molecule has 0 fully saturated rings. The molecule has 0 unspecified atom stereocenters. The molecule has 0 bridgehead atoms. The van der Waals surface area contributed by atoms with Gasteiger partial charge in [0.05, 0.1) is 12.2 Å². The number of imidazole rings is 1. The van der Waals surface area contributed by atoms with Gasteiger partial charge in [-0.15, -0.1) is 0 Å². The van der Waals surface area contributed by atoms with E-state index >= 15 is 0 Å². The lowest BCUT2D eigenvalue weighted by Gasteiger charge is -2.13. The zero-order chi connectivity index (χ0) is 13.2. The minimum absolute atomic E-state index is 0.0171. The SMILES string of the molecule is OCCn1ccnc1-c1ccccc1C(F)(F)F. The summed E-state index contributed by atoms with van der Waals surface area (Å²) >= 11 is 0. The molecule has 1 aromatic heterocycles. The van der Waals surface area contributed by atoms with Gasteiger partial charge in [0.15, 0.2) is 0 Å². The van der Waals surface area contributed by atoms with Gasteiger partial charge in [0.1, 0.15) is 5.82 Å². The average Bonchev–Trinajstić information content (AvgIpc) is 2.77. The van der Waals surface area contributed by atoms with Crippen molar-refractivity contribution in [1.82, 2.24) is 9.55 Å². The van der Waals surface area contributed by atoms with Crippen LogP contribution in [0.5, 0.6) is 0 Å². The van der Waals surface area contributed by atoms with Crippen molar-refractivity contribution in [3.05, 3.63) is 42.2 Å². The highest BCUT2D eigenvalue weighted by molar-refractivity contribution is 5.61. The van der Waals surface area contributed by atoms with Gasteiger partial charge >= 0.3 is 6.18 Å². The molecule has 1 heterocycles. The first-order valence-corrected chi connectivity index (χ1v) is 5.32. The van der Waals surface area contributed by atoms with Crippen LogP contribution in [0.4, 0.5) is 13.2 Å². The zero-order valence-electron chi connectivity index (χ0n) is 9.35. The van der Waals surface area contributed by atoms with Crippen molar-refractivity contribution in [2.75, 3.05) is 6.61 Å². The van der Waals surface area contributed by atoms with Crippen molar-refractivity contribution >= 4 is 0 Å². The Morgan fingerprint density at radius 3 is 2.61 bits per heavy atom. The third kappa shape index (κ3) is 2.38. The van der Waals surface area contributed by atoms with E-state index in [0.29, 0.717) is 0 Å². The fourth-order valence-corrected chi connectivity index (χ4v) is 1.77. The Bertz CT molecular complexity index is 534. The first-order valence-electron chi connectivity index (χ1n) is 5.32. The van der Waals surface area contributed by atoms with Crippen molar-refractivity contribution in [2.24, 2.45) is 0 Å². The monoisotopic (exact) mass is 256 g/mol. The Balaban J connectivity index is 2.54. The lowest BCUT2D eigenvalue weighted by atomic mass is 10.1. The summed E-state index contributed by atoms with van der Waals surface area (Å²) in [7, 11) is 0. The van der Waals surface area contributed by atoms with Crippen LogP contribution in [0, 0.1) is 0 Å². The van der Waals surface area contributed by atoms with Gasteiger partial charge in [0.25, 0.3) is 0 Å². The highest BCUT2D eigenvalue weighted by Crippen LogP contribution is 2.36. The Morgan fingerprint density at radius 2 is 1.94 bits per heavy atom.